The van der Waals surface area contributed by atoms with Crippen LogP contribution in [0.15, 0.2) is 0 Å². The van der Waals surface area contributed by atoms with Crippen LogP contribution in [0.1, 0.15) is 12.8 Å². The van der Waals surface area contributed by atoms with E-state index in [9.17, 15) is 0 Å². The third-order valence-corrected chi connectivity index (χ3v) is 3.06. The summed E-state index contributed by atoms with van der Waals surface area (Å²) in [6.07, 6.45) is 2.56. The molecule has 25 heavy (non-hydrogen) atoms. The Morgan fingerprint density at radius 3 is 0.560 bits per heavy atom. The molecular weight excluding hydrogens is 371 g/mol. The van der Waals surface area contributed by atoms with Gasteiger partial charge >= 0.3 is 51.4 Å². The molecule has 0 spiro atoms. The van der Waals surface area contributed by atoms with Gasteiger partial charge in [0, 0.05) is 13.2 Å². The van der Waals surface area contributed by atoms with Gasteiger partial charge in [-0.05, 0) is 12.8 Å². The number of ether oxygens (including phenoxy) is 7. The van der Waals surface area contributed by atoms with Crippen molar-refractivity contribution in [2.75, 3.05) is 92.5 Å². The van der Waals surface area contributed by atoms with E-state index in [0.29, 0.717) is 79.3 Å². The van der Waals surface area contributed by atoms with Crippen LogP contribution in [0.4, 0.5) is 0 Å². The summed E-state index contributed by atoms with van der Waals surface area (Å²) in [6.45, 7) is 9.04. The number of hydrogen-bond donors (Lipinski definition) is 0. The molecule has 0 aromatic heterocycles. The van der Waals surface area contributed by atoms with Crippen molar-refractivity contribution in [1.29, 1.82) is 0 Å². The molecule has 0 aliphatic carbocycles. The van der Waals surface area contributed by atoms with Gasteiger partial charge in [-0.15, -0.1) is 0 Å². The van der Waals surface area contributed by atoms with Crippen molar-refractivity contribution < 1.29 is 84.5 Å². The topological polar surface area (TPSA) is 64.6 Å². The zero-order valence-electron chi connectivity index (χ0n) is 16.2. The third kappa shape index (κ3) is 23.5. The summed E-state index contributed by atoms with van der Waals surface area (Å²) in [5.41, 5.74) is 0. The first-order valence-electron chi connectivity index (χ1n) is 8.54. The van der Waals surface area contributed by atoms with Gasteiger partial charge in [0.2, 0.25) is 0 Å². The number of rotatable bonds is 0. The minimum absolute atomic E-state index is 0. The molecule has 146 valence electrons. The normalized spacial score (nSPS) is 22.1. The average molecular weight is 407 g/mol. The average Bonchev–Trinajstić information content (AvgIpc) is 3.15. The van der Waals surface area contributed by atoms with Gasteiger partial charge in [0.05, 0.1) is 79.3 Å². The monoisotopic (exact) mass is 406 g/mol. The molecule has 9 heteroatoms. The second-order valence-corrected chi connectivity index (χ2v) is 4.99. The zero-order chi connectivity index (χ0) is 16.3. The van der Waals surface area contributed by atoms with Gasteiger partial charge in [0.15, 0.2) is 0 Å². The molecule has 0 amide bonds. The zero-order valence-corrected chi connectivity index (χ0v) is 21.3. The van der Waals surface area contributed by atoms with Gasteiger partial charge in [-0.2, -0.15) is 0 Å². The van der Waals surface area contributed by atoms with Gasteiger partial charge < -0.3 is 44.1 Å². The second-order valence-electron chi connectivity index (χ2n) is 4.99. The summed E-state index contributed by atoms with van der Waals surface area (Å²) in [6, 6.07) is 0. The fourth-order valence-electron chi connectivity index (χ4n) is 1.83. The molecule has 2 rings (SSSR count). The molecule has 0 radical (unpaired) electrons. The third-order valence-electron chi connectivity index (χ3n) is 3.06. The van der Waals surface area contributed by atoms with Crippen LogP contribution in [0.25, 0.3) is 0 Å². The predicted molar refractivity (Wildman–Crippen MR) is 94.9 cm³/mol. The van der Waals surface area contributed by atoms with Crippen LogP contribution < -0.4 is 51.4 Å². The summed E-state index contributed by atoms with van der Waals surface area (Å²) >= 11 is 0. The van der Waals surface area contributed by atoms with E-state index >= 15 is 0 Å². The van der Waals surface area contributed by atoms with Gasteiger partial charge in [0.1, 0.15) is 0 Å². The molecule has 2 aliphatic rings. The van der Waals surface area contributed by atoms with Crippen molar-refractivity contribution in [2.45, 2.75) is 12.8 Å². The molecule has 2 aliphatic heterocycles. The van der Waals surface area contributed by atoms with Crippen molar-refractivity contribution in [3.63, 3.8) is 0 Å². The Morgan fingerprint density at radius 2 is 0.440 bits per heavy atom. The van der Waals surface area contributed by atoms with Gasteiger partial charge in [0.25, 0.3) is 0 Å². The van der Waals surface area contributed by atoms with E-state index in [0.717, 1.165) is 13.2 Å². The summed E-state index contributed by atoms with van der Waals surface area (Å²) in [5, 5.41) is 0. The fourth-order valence-corrected chi connectivity index (χ4v) is 1.83. The van der Waals surface area contributed by atoms with E-state index in [1.165, 1.54) is 12.8 Å². The Morgan fingerprint density at radius 1 is 0.280 bits per heavy atom. The first-order chi connectivity index (χ1) is 11.5. The van der Waals surface area contributed by atoms with E-state index in [2.05, 4.69) is 0 Å². The van der Waals surface area contributed by atoms with Crippen LogP contribution in [0, 0.1) is 0 Å². The summed E-state index contributed by atoms with van der Waals surface area (Å²) in [5.74, 6) is 0. The summed E-state index contributed by atoms with van der Waals surface area (Å²) in [7, 11) is 0. The van der Waals surface area contributed by atoms with Crippen LogP contribution in [-0.2, 0) is 33.2 Å². The van der Waals surface area contributed by atoms with Gasteiger partial charge in [-0.3, -0.25) is 0 Å². The maximum atomic E-state index is 5.33. The Kier molecular flexibility index (Phi) is 29.4. The fraction of sp³-hybridized carbons (Fsp3) is 1.00. The van der Waals surface area contributed by atoms with Crippen LogP contribution in [0.5, 0.6) is 0 Å². The molecule has 0 saturated carbocycles. The molecule has 0 N–H and O–H groups in total. The van der Waals surface area contributed by atoms with Crippen LogP contribution >= 0.6 is 0 Å². The van der Waals surface area contributed by atoms with Crippen LogP contribution in [0.3, 0.4) is 0 Å². The quantitative estimate of drug-likeness (QED) is 0.391. The smallest absolute Gasteiger partial charge is 0.381 e. The Hall–Kier alpha value is 1.57. The van der Waals surface area contributed by atoms with E-state index in [-0.39, 0.29) is 62.3 Å². The Bertz CT molecular complexity index is 154. The molecule has 0 aromatic rings. The minimum Gasteiger partial charge on any atom is -0.381 e. The molecule has 0 aromatic carbocycles. The van der Waals surface area contributed by atoms with Gasteiger partial charge in [-0.25, -0.2) is 0 Å². The van der Waals surface area contributed by atoms with Crippen molar-refractivity contribution in [3.8, 4) is 0 Å². The van der Waals surface area contributed by atoms with Crippen molar-refractivity contribution >= 4 is 11.0 Å². The van der Waals surface area contributed by atoms with Gasteiger partial charge in [-0.1, -0.05) is 0 Å². The molecule has 0 unspecified atom stereocenters. The molecule has 2 heterocycles. The number of hydrogen-bond acceptors (Lipinski definition) is 7. The summed E-state index contributed by atoms with van der Waals surface area (Å²) in [4.78, 5) is 0. The van der Waals surface area contributed by atoms with Crippen LogP contribution in [0.2, 0.25) is 0 Å². The minimum atomic E-state index is 0. The van der Waals surface area contributed by atoms with Crippen LogP contribution in [-0.4, -0.2) is 103 Å². The van der Waals surface area contributed by atoms with Crippen molar-refractivity contribution in [3.05, 3.63) is 0 Å². The van der Waals surface area contributed by atoms with E-state index in [4.69, 9.17) is 33.2 Å². The summed E-state index contributed by atoms with van der Waals surface area (Å²) < 4.78 is 36.9. The maximum Gasteiger partial charge on any atom is 1.00 e. The molecule has 7 nitrogen and oxygen atoms in total. The SMILES string of the molecule is C1CCOC1.C1COCCOCCOCCOCCOCCO1.[K+].[SiH3-]. The Labute approximate surface area is 199 Å². The first kappa shape index (κ1) is 28.8. The van der Waals surface area contributed by atoms with E-state index in [1.54, 1.807) is 0 Å². The molecular formula is C16H35KO7Si. The first-order valence-corrected chi connectivity index (χ1v) is 8.54. The Balaban J connectivity index is 0. The largest absolute Gasteiger partial charge is 1.00 e. The molecule has 0 bridgehead atoms. The molecule has 0 atom stereocenters. The van der Waals surface area contributed by atoms with Crippen molar-refractivity contribution in [2.24, 2.45) is 0 Å². The maximum absolute atomic E-state index is 5.33. The van der Waals surface area contributed by atoms with E-state index < -0.39 is 0 Å². The van der Waals surface area contributed by atoms with Crippen molar-refractivity contribution in [1.82, 2.24) is 0 Å². The second kappa shape index (κ2) is 25.6. The molecule has 2 saturated heterocycles. The van der Waals surface area contributed by atoms with E-state index in [1.807, 2.05) is 0 Å². The standard InChI is InChI=1S/C12H24O6.C4H8O.K.H3Si/c1-2-14-5-6-16-9-10-18-12-11-17-8-7-15-4-3-13-1;1-2-4-5-3-1;;/h1-12H2;1-4H2;;1H3/q;;+1;-1. The predicted octanol–water partition coefficient (Wildman–Crippen LogP) is -3.28. The molecule has 2 fully saturated rings.